The molecule has 0 atom stereocenters. The topological polar surface area (TPSA) is 113 Å². The first-order chi connectivity index (χ1) is 17.1. The minimum absolute atomic E-state index is 0.0502. The summed E-state index contributed by atoms with van der Waals surface area (Å²) < 4.78 is 17.5. The molecule has 0 saturated carbocycles. The number of esters is 1. The van der Waals surface area contributed by atoms with E-state index in [9.17, 15) is 14.4 Å². The number of carbonyl (C=O) groups is 2. The Morgan fingerprint density at radius 1 is 0.943 bits per heavy atom. The molecule has 0 saturated heterocycles. The molecular weight excluding hydrogens is 450 g/mol. The molecule has 0 unspecified atom stereocenters. The highest BCUT2D eigenvalue weighted by molar-refractivity contribution is 6.01. The number of nitrogens with zero attached hydrogens (tertiary/aromatic N) is 2. The van der Waals surface area contributed by atoms with Crippen molar-refractivity contribution in [1.82, 2.24) is 9.55 Å². The number of hydrogen-bond donors (Lipinski definition) is 1. The van der Waals surface area contributed by atoms with E-state index in [2.05, 4.69) is 10.3 Å². The van der Waals surface area contributed by atoms with Crippen molar-refractivity contribution < 1.29 is 23.5 Å². The fourth-order valence-electron chi connectivity index (χ4n) is 3.52. The van der Waals surface area contributed by atoms with Crippen molar-refractivity contribution in [2.75, 3.05) is 11.9 Å². The number of nitrogens with one attached hydrogen (secondary N) is 1. The fourth-order valence-corrected chi connectivity index (χ4v) is 3.52. The predicted molar refractivity (Wildman–Crippen MR) is 128 cm³/mol. The van der Waals surface area contributed by atoms with Gasteiger partial charge in [0.2, 0.25) is 5.58 Å². The van der Waals surface area contributed by atoms with Gasteiger partial charge in [0.15, 0.2) is 12.4 Å². The zero-order valence-corrected chi connectivity index (χ0v) is 18.3. The van der Waals surface area contributed by atoms with Crippen molar-refractivity contribution in [2.24, 2.45) is 0 Å². The molecular formula is C26H19N3O6. The largest absolute Gasteiger partial charge is 0.455 e. The number of amides is 1. The summed E-state index contributed by atoms with van der Waals surface area (Å²) in [7, 11) is 0. The summed E-state index contributed by atoms with van der Waals surface area (Å²) in [6.45, 7) is -0.951. The molecule has 2 aromatic heterocycles. The summed E-state index contributed by atoms with van der Waals surface area (Å²) in [5, 5.41) is 3.37. The second-order valence-corrected chi connectivity index (χ2v) is 7.57. The number of furan rings is 1. The highest BCUT2D eigenvalue weighted by atomic mass is 16.5. The Labute approximate surface area is 198 Å². The zero-order chi connectivity index (χ0) is 24.2. The number of rotatable bonds is 7. The fraction of sp³-hybridized carbons (Fsp3) is 0.0769. The molecule has 9 heteroatoms. The third-order valence-electron chi connectivity index (χ3n) is 5.15. The molecule has 35 heavy (non-hydrogen) atoms. The molecule has 0 fully saturated rings. The Balaban J connectivity index is 1.22. The second-order valence-electron chi connectivity index (χ2n) is 7.57. The average molecular weight is 469 g/mol. The summed E-state index contributed by atoms with van der Waals surface area (Å²) in [6, 6.07) is 23.2. The maximum atomic E-state index is 12.7. The summed E-state index contributed by atoms with van der Waals surface area (Å²) in [4.78, 5) is 41.6. The van der Waals surface area contributed by atoms with Gasteiger partial charge in [0, 0.05) is 5.39 Å². The van der Waals surface area contributed by atoms with Crippen LogP contribution in [0.15, 0.2) is 94.4 Å². The third kappa shape index (κ3) is 4.74. The molecule has 0 aliphatic heterocycles. The van der Waals surface area contributed by atoms with Crippen molar-refractivity contribution in [3.8, 4) is 11.5 Å². The molecule has 0 spiro atoms. The van der Waals surface area contributed by atoms with Crippen LogP contribution in [0.2, 0.25) is 0 Å². The monoisotopic (exact) mass is 469 g/mol. The Morgan fingerprint density at radius 3 is 2.54 bits per heavy atom. The molecule has 1 amide bonds. The van der Waals surface area contributed by atoms with Crippen LogP contribution in [0, 0.1) is 0 Å². The lowest BCUT2D eigenvalue weighted by Crippen LogP contribution is -2.27. The lowest BCUT2D eigenvalue weighted by molar-refractivity contribution is -0.147. The van der Waals surface area contributed by atoms with E-state index in [0.29, 0.717) is 33.7 Å². The van der Waals surface area contributed by atoms with Crippen LogP contribution in [-0.4, -0.2) is 28.0 Å². The minimum Gasteiger partial charge on any atom is -0.455 e. The van der Waals surface area contributed by atoms with Gasteiger partial charge in [-0.3, -0.25) is 19.0 Å². The first kappa shape index (κ1) is 21.9. The van der Waals surface area contributed by atoms with Crippen molar-refractivity contribution >= 4 is 39.6 Å². The van der Waals surface area contributed by atoms with Crippen LogP contribution in [-0.2, 0) is 20.9 Å². The zero-order valence-electron chi connectivity index (χ0n) is 18.3. The number of benzene rings is 3. The summed E-state index contributed by atoms with van der Waals surface area (Å²) in [5.74, 6) is -0.273. The van der Waals surface area contributed by atoms with Crippen LogP contribution in [0.5, 0.6) is 11.5 Å². The van der Waals surface area contributed by atoms with Crippen molar-refractivity contribution in [3.63, 3.8) is 0 Å². The first-order valence-electron chi connectivity index (χ1n) is 10.7. The second kappa shape index (κ2) is 9.52. The summed E-state index contributed by atoms with van der Waals surface area (Å²) in [5.41, 5.74) is 0.911. The number of anilines is 1. The maximum absolute atomic E-state index is 12.7. The first-order valence-corrected chi connectivity index (χ1v) is 10.7. The van der Waals surface area contributed by atoms with E-state index in [1.54, 1.807) is 54.6 Å². The van der Waals surface area contributed by atoms with Gasteiger partial charge in [0.25, 0.3) is 11.5 Å². The van der Waals surface area contributed by atoms with Gasteiger partial charge >= 0.3 is 5.97 Å². The molecule has 3 aromatic carbocycles. The smallest absolute Gasteiger partial charge is 0.326 e. The number of carbonyl (C=O) groups excluding carboxylic acids is 2. The lowest BCUT2D eigenvalue weighted by Gasteiger charge is -2.12. The van der Waals surface area contributed by atoms with E-state index in [1.807, 2.05) is 24.3 Å². The van der Waals surface area contributed by atoms with Crippen LogP contribution in [0.3, 0.4) is 0 Å². The van der Waals surface area contributed by atoms with Gasteiger partial charge in [0.1, 0.15) is 23.4 Å². The Bertz CT molecular complexity index is 1590. The molecule has 1 N–H and O–H groups in total. The van der Waals surface area contributed by atoms with Crippen LogP contribution in [0.1, 0.15) is 0 Å². The van der Waals surface area contributed by atoms with Crippen LogP contribution in [0.4, 0.5) is 5.69 Å². The van der Waals surface area contributed by atoms with Gasteiger partial charge in [-0.1, -0.05) is 42.5 Å². The van der Waals surface area contributed by atoms with Crippen LogP contribution >= 0.6 is 0 Å². The number of fused-ring (bicyclic) bond motifs is 3. The number of para-hydroxylation sites is 4. The SMILES string of the molecule is O=C(COC(=O)Cn1cnc2c(oc3ccccc32)c1=O)Nc1ccccc1Oc1ccccc1. The van der Waals surface area contributed by atoms with Gasteiger partial charge in [-0.15, -0.1) is 0 Å². The summed E-state index contributed by atoms with van der Waals surface area (Å²) >= 11 is 0. The molecule has 0 aliphatic carbocycles. The van der Waals surface area contributed by atoms with Gasteiger partial charge < -0.3 is 19.2 Å². The van der Waals surface area contributed by atoms with Crippen LogP contribution in [0.25, 0.3) is 22.1 Å². The molecule has 9 nitrogen and oxygen atoms in total. The highest BCUT2D eigenvalue weighted by Gasteiger charge is 2.16. The average Bonchev–Trinajstić information content (AvgIpc) is 3.26. The molecule has 174 valence electrons. The highest BCUT2D eigenvalue weighted by Crippen LogP contribution is 2.29. The lowest BCUT2D eigenvalue weighted by atomic mass is 10.2. The van der Waals surface area contributed by atoms with Gasteiger partial charge in [0.05, 0.1) is 12.0 Å². The quantitative estimate of drug-likeness (QED) is 0.357. The van der Waals surface area contributed by atoms with Crippen molar-refractivity contribution in [2.45, 2.75) is 6.54 Å². The number of ether oxygens (including phenoxy) is 2. The van der Waals surface area contributed by atoms with Gasteiger partial charge in [-0.25, -0.2) is 4.98 Å². The van der Waals surface area contributed by atoms with E-state index in [1.165, 1.54) is 6.33 Å². The van der Waals surface area contributed by atoms with Crippen molar-refractivity contribution in [3.05, 3.63) is 95.5 Å². The Hall–Kier alpha value is -4.92. The minimum atomic E-state index is -0.770. The molecule has 0 aliphatic rings. The summed E-state index contributed by atoms with van der Waals surface area (Å²) in [6.07, 6.45) is 1.26. The Kier molecular flexibility index (Phi) is 5.96. The Morgan fingerprint density at radius 2 is 1.69 bits per heavy atom. The normalized spacial score (nSPS) is 10.9. The van der Waals surface area contributed by atoms with Gasteiger partial charge in [-0.2, -0.15) is 0 Å². The van der Waals surface area contributed by atoms with Gasteiger partial charge in [-0.05, 0) is 36.4 Å². The van der Waals surface area contributed by atoms with Crippen molar-refractivity contribution in [1.29, 1.82) is 0 Å². The van der Waals surface area contributed by atoms with E-state index < -0.39 is 30.6 Å². The third-order valence-corrected chi connectivity index (χ3v) is 5.15. The standard InChI is InChI=1S/C26H19N3O6/c30-22(28-19-11-5-7-13-21(19)34-17-8-2-1-3-9-17)15-33-23(31)14-29-16-27-24-18-10-4-6-12-20(18)35-25(24)26(29)32/h1-13,16H,14-15H2,(H,28,30). The molecule has 5 aromatic rings. The van der Waals surface area contributed by atoms with E-state index >= 15 is 0 Å². The molecule has 0 bridgehead atoms. The predicted octanol–water partition coefficient (Wildman–Crippen LogP) is 4.12. The number of aromatic nitrogens is 2. The molecule has 5 rings (SSSR count). The van der Waals surface area contributed by atoms with E-state index in [0.717, 1.165) is 4.57 Å². The van der Waals surface area contributed by atoms with E-state index in [-0.39, 0.29) is 5.58 Å². The van der Waals surface area contributed by atoms with Crippen LogP contribution < -0.4 is 15.6 Å². The number of hydrogen-bond acceptors (Lipinski definition) is 7. The molecule has 0 radical (unpaired) electrons. The molecule has 2 heterocycles. The maximum Gasteiger partial charge on any atom is 0.326 e. The van der Waals surface area contributed by atoms with E-state index in [4.69, 9.17) is 13.9 Å².